The molecule has 0 radical (unpaired) electrons. The van der Waals surface area contributed by atoms with Gasteiger partial charge in [0.1, 0.15) is 28.6 Å². The Morgan fingerprint density at radius 3 is 2.66 bits per heavy atom. The van der Waals surface area contributed by atoms with Crippen molar-refractivity contribution in [1.29, 1.82) is 0 Å². The molecule has 2 aliphatic rings. The first kappa shape index (κ1) is 21.8. The normalized spacial score (nSPS) is 16.8. The highest BCUT2D eigenvalue weighted by Crippen LogP contribution is 2.54. The van der Waals surface area contributed by atoms with E-state index in [9.17, 15) is 13.2 Å². The molecule has 1 aliphatic carbocycles. The summed E-state index contributed by atoms with van der Waals surface area (Å²) in [6.07, 6.45) is 3.06. The van der Waals surface area contributed by atoms with Gasteiger partial charge in [-0.25, -0.2) is 9.67 Å². The van der Waals surface area contributed by atoms with Gasteiger partial charge in [0.2, 0.25) is 0 Å². The van der Waals surface area contributed by atoms with Gasteiger partial charge >= 0.3 is 6.18 Å². The quantitative estimate of drug-likeness (QED) is 0.467. The molecule has 9 nitrogen and oxygen atoms in total. The Morgan fingerprint density at radius 1 is 1.14 bits per heavy atom. The predicted octanol–water partition coefficient (Wildman–Crippen LogP) is 4.24. The minimum Gasteiger partial charge on any atom is -0.325 e. The topological polar surface area (TPSA) is 91.3 Å². The Kier molecular flexibility index (Phi) is 4.77. The van der Waals surface area contributed by atoms with Gasteiger partial charge in [0.05, 0.1) is 11.9 Å². The van der Waals surface area contributed by atoms with Crippen LogP contribution in [0.2, 0.25) is 0 Å². The molecule has 0 amide bonds. The van der Waals surface area contributed by atoms with Gasteiger partial charge in [-0.05, 0) is 38.2 Å². The van der Waals surface area contributed by atoms with Crippen molar-refractivity contribution in [2.24, 2.45) is 7.05 Å². The number of nitrogens with zero attached hydrogens (tertiary/aromatic N) is 8. The number of anilines is 2. The summed E-state index contributed by atoms with van der Waals surface area (Å²) in [5.74, 6) is 1.85. The highest BCUT2D eigenvalue weighted by atomic mass is 19.4. The van der Waals surface area contributed by atoms with Gasteiger partial charge in [-0.3, -0.25) is 4.68 Å². The molecular formula is C23H24F3N9. The van der Waals surface area contributed by atoms with Gasteiger partial charge in [0, 0.05) is 43.7 Å². The molecule has 182 valence electrons. The Morgan fingerprint density at radius 2 is 1.97 bits per heavy atom. The number of halogens is 3. The van der Waals surface area contributed by atoms with Gasteiger partial charge in [-0.1, -0.05) is 6.42 Å². The molecule has 0 unspecified atom stereocenters. The van der Waals surface area contributed by atoms with Crippen LogP contribution in [-0.2, 0) is 25.4 Å². The van der Waals surface area contributed by atoms with Crippen LogP contribution in [0.4, 0.5) is 24.8 Å². The average Bonchev–Trinajstić information content (AvgIpc) is 3.45. The highest BCUT2D eigenvalue weighted by molar-refractivity contribution is 5.60. The number of nitrogens with one attached hydrogen (secondary N) is 1. The lowest BCUT2D eigenvalue weighted by Crippen LogP contribution is -2.49. The van der Waals surface area contributed by atoms with Crippen molar-refractivity contribution >= 4 is 11.6 Å². The molecule has 1 saturated carbocycles. The van der Waals surface area contributed by atoms with Crippen molar-refractivity contribution in [3.05, 3.63) is 47.7 Å². The van der Waals surface area contributed by atoms with Crippen molar-refractivity contribution in [1.82, 2.24) is 39.3 Å². The maximum atomic E-state index is 14.0. The molecule has 6 rings (SSSR count). The lowest BCUT2D eigenvalue weighted by molar-refractivity contribution is -0.216. The van der Waals surface area contributed by atoms with Gasteiger partial charge in [-0.2, -0.15) is 23.4 Å². The smallest absolute Gasteiger partial charge is 0.325 e. The van der Waals surface area contributed by atoms with Gasteiger partial charge in [-0.15, -0.1) is 10.2 Å². The second kappa shape index (κ2) is 7.65. The lowest BCUT2D eigenvalue weighted by Gasteiger charge is -2.42. The molecule has 35 heavy (non-hydrogen) atoms. The Hall–Kier alpha value is -3.70. The number of fused-ring (bicyclic) bond motifs is 3. The number of hydrogen-bond acceptors (Lipinski definition) is 6. The van der Waals surface area contributed by atoms with Crippen molar-refractivity contribution in [3.8, 4) is 17.2 Å². The largest absolute Gasteiger partial charge is 0.401 e. The summed E-state index contributed by atoms with van der Waals surface area (Å²) in [6.45, 7) is 2.38. The first-order valence-corrected chi connectivity index (χ1v) is 11.6. The average molecular weight is 484 g/mol. The fourth-order valence-electron chi connectivity index (χ4n) is 5.00. The molecule has 1 N–H and O–H groups in total. The summed E-state index contributed by atoms with van der Waals surface area (Å²) in [5, 5.41) is 20.5. The van der Waals surface area contributed by atoms with Crippen LogP contribution in [0.1, 0.15) is 42.6 Å². The number of rotatable bonds is 4. The minimum absolute atomic E-state index is 0.0244. The van der Waals surface area contributed by atoms with Crippen molar-refractivity contribution in [2.75, 3.05) is 5.32 Å². The van der Waals surface area contributed by atoms with Gasteiger partial charge in [0.15, 0.2) is 5.82 Å². The maximum absolute atomic E-state index is 14.0. The van der Waals surface area contributed by atoms with E-state index in [1.807, 2.05) is 32.3 Å². The zero-order chi connectivity index (χ0) is 24.4. The Labute approximate surface area is 199 Å². The third kappa shape index (κ3) is 3.34. The van der Waals surface area contributed by atoms with Crippen LogP contribution in [0.5, 0.6) is 0 Å². The minimum atomic E-state index is -4.35. The van der Waals surface area contributed by atoms with Gasteiger partial charge < -0.3 is 9.88 Å². The predicted molar refractivity (Wildman–Crippen MR) is 122 cm³/mol. The first-order chi connectivity index (χ1) is 16.8. The SMILES string of the molecule is Cc1cnc(Nc2ccnn2C)cc1-n1cc2c(n1)-c1nnc(C3(C(F)(F)F)CCC3)n1CCC2. The standard InChI is InChI=1S/C23H24F3N9/c1-14-12-27-17(29-18-6-9-28-33(18)2)11-16(14)35-13-15-5-3-10-34-20(19(15)32-35)30-31-21(34)22(7-4-8-22)23(24,25)26/h6,9,11-13H,3-5,7-8,10H2,1-2H3,(H,27,29). The van der Waals surface area contributed by atoms with E-state index >= 15 is 0 Å². The van der Waals surface area contributed by atoms with Crippen LogP contribution < -0.4 is 5.32 Å². The van der Waals surface area contributed by atoms with Crippen LogP contribution in [0.25, 0.3) is 17.2 Å². The number of alkyl halides is 3. The summed E-state index contributed by atoms with van der Waals surface area (Å²) < 4.78 is 47.2. The monoisotopic (exact) mass is 483 g/mol. The van der Waals surface area contributed by atoms with Crippen LogP contribution in [0.3, 0.4) is 0 Å². The number of pyridine rings is 1. The number of aromatic nitrogens is 8. The van der Waals surface area contributed by atoms with E-state index in [4.69, 9.17) is 5.10 Å². The Balaban J connectivity index is 1.40. The van der Waals surface area contributed by atoms with E-state index in [-0.39, 0.29) is 18.7 Å². The third-order valence-electron chi connectivity index (χ3n) is 7.16. The third-order valence-corrected chi connectivity index (χ3v) is 7.16. The van der Waals surface area contributed by atoms with Crippen LogP contribution >= 0.6 is 0 Å². The van der Waals surface area contributed by atoms with E-state index in [2.05, 4.69) is 25.6 Å². The molecule has 12 heteroatoms. The molecule has 5 heterocycles. The second-order valence-electron chi connectivity index (χ2n) is 9.30. The second-order valence-corrected chi connectivity index (χ2v) is 9.30. The molecule has 0 bridgehead atoms. The summed E-state index contributed by atoms with van der Waals surface area (Å²) in [7, 11) is 1.83. The number of aryl methyl sites for hydroxylation is 3. The summed E-state index contributed by atoms with van der Waals surface area (Å²) >= 11 is 0. The molecule has 4 aromatic rings. The fraction of sp³-hybridized carbons (Fsp3) is 0.435. The molecule has 0 spiro atoms. The van der Waals surface area contributed by atoms with E-state index in [1.54, 1.807) is 26.3 Å². The maximum Gasteiger partial charge on any atom is 0.401 e. The summed E-state index contributed by atoms with van der Waals surface area (Å²) in [4.78, 5) is 4.46. The molecule has 4 aromatic heterocycles. The molecule has 0 saturated heterocycles. The van der Waals surface area contributed by atoms with Crippen LogP contribution in [0, 0.1) is 6.92 Å². The number of hydrogen-bond donors (Lipinski definition) is 1. The molecule has 1 aliphatic heterocycles. The zero-order valence-corrected chi connectivity index (χ0v) is 19.3. The summed E-state index contributed by atoms with van der Waals surface area (Å²) in [5.41, 5.74) is 1.34. The molecule has 0 atom stereocenters. The summed E-state index contributed by atoms with van der Waals surface area (Å²) in [6, 6.07) is 3.73. The van der Waals surface area contributed by atoms with E-state index < -0.39 is 11.6 Å². The lowest BCUT2D eigenvalue weighted by atomic mass is 9.67. The van der Waals surface area contributed by atoms with Crippen molar-refractivity contribution in [2.45, 2.75) is 57.2 Å². The molecule has 0 aromatic carbocycles. The van der Waals surface area contributed by atoms with E-state index in [0.29, 0.717) is 43.1 Å². The zero-order valence-electron chi connectivity index (χ0n) is 19.3. The van der Waals surface area contributed by atoms with Gasteiger partial charge in [0.25, 0.3) is 0 Å². The van der Waals surface area contributed by atoms with Crippen molar-refractivity contribution < 1.29 is 13.2 Å². The fourth-order valence-corrected chi connectivity index (χ4v) is 5.00. The van der Waals surface area contributed by atoms with Crippen molar-refractivity contribution in [3.63, 3.8) is 0 Å². The van der Waals surface area contributed by atoms with E-state index in [0.717, 1.165) is 22.6 Å². The highest BCUT2D eigenvalue weighted by Gasteiger charge is 2.62. The molecule has 1 fully saturated rings. The van der Waals surface area contributed by atoms with Crippen LogP contribution in [0.15, 0.2) is 30.7 Å². The van der Waals surface area contributed by atoms with Crippen LogP contribution in [-0.4, -0.2) is 45.5 Å². The first-order valence-electron chi connectivity index (χ1n) is 11.6. The van der Waals surface area contributed by atoms with E-state index in [1.165, 1.54) is 0 Å². The molecular weight excluding hydrogens is 459 g/mol. The Bertz CT molecular complexity index is 1410.